The number of carbonyl (C=O) groups excluding carboxylic acids is 1. The largest absolute Gasteiger partial charge is 0.390 e. The van der Waals surface area contributed by atoms with Crippen LogP contribution in [0.2, 0.25) is 0 Å². The number of nitrogens with one attached hydrogen (secondary N) is 2. The van der Waals surface area contributed by atoms with E-state index in [2.05, 4.69) is 50.0 Å². The van der Waals surface area contributed by atoms with E-state index in [1.54, 1.807) is 11.8 Å². The molecule has 2 aromatic heterocycles. The SMILES string of the molecule is CCCSc1nc(NCCc2ccccc2)c2nnn(C3CC(C(=O)NCC)C(O)C3O)c2n1. The van der Waals surface area contributed by atoms with Gasteiger partial charge in [0, 0.05) is 18.8 Å². The average molecular weight is 486 g/mol. The lowest BCUT2D eigenvalue weighted by molar-refractivity contribution is -0.128. The third-order valence-electron chi connectivity index (χ3n) is 5.94. The topological polar surface area (TPSA) is 138 Å². The van der Waals surface area contributed by atoms with Crippen LogP contribution in [0.4, 0.5) is 5.82 Å². The smallest absolute Gasteiger partial charge is 0.225 e. The van der Waals surface area contributed by atoms with Gasteiger partial charge in [0.25, 0.3) is 0 Å². The minimum Gasteiger partial charge on any atom is -0.390 e. The molecule has 34 heavy (non-hydrogen) atoms. The highest BCUT2D eigenvalue weighted by Crippen LogP contribution is 2.37. The number of benzene rings is 1. The molecule has 1 aliphatic rings. The number of aliphatic hydroxyl groups is 2. The Labute approximate surface area is 202 Å². The summed E-state index contributed by atoms with van der Waals surface area (Å²) in [5, 5.41) is 36.5. The van der Waals surface area contributed by atoms with Crippen molar-refractivity contribution >= 4 is 34.7 Å². The molecule has 0 spiro atoms. The molecule has 10 nitrogen and oxygen atoms in total. The molecule has 0 saturated heterocycles. The van der Waals surface area contributed by atoms with E-state index in [9.17, 15) is 15.0 Å². The summed E-state index contributed by atoms with van der Waals surface area (Å²) < 4.78 is 1.53. The maximum absolute atomic E-state index is 12.4. The first-order chi connectivity index (χ1) is 16.5. The van der Waals surface area contributed by atoms with Crippen LogP contribution in [0.15, 0.2) is 35.5 Å². The van der Waals surface area contributed by atoms with Gasteiger partial charge in [-0.25, -0.2) is 14.6 Å². The maximum atomic E-state index is 12.4. The van der Waals surface area contributed by atoms with Crippen molar-refractivity contribution in [2.75, 3.05) is 24.2 Å². The fourth-order valence-corrected chi connectivity index (χ4v) is 4.89. The second-order valence-electron chi connectivity index (χ2n) is 8.36. The van der Waals surface area contributed by atoms with E-state index in [0.717, 1.165) is 18.6 Å². The molecule has 1 saturated carbocycles. The summed E-state index contributed by atoms with van der Waals surface area (Å²) in [4.78, 5) is 21.7. The monoisotopic (exact) mass is 485 g/mol. The molecule has 4 atom stereocenters. The maximum Gasteiger partial charge on any atom is 0.225 e. The number of carbonyl (C=O) groups is 1. The highest BCUT2D eigenvalue weighted by molar-refractivity contribution is 7.99. The molecule has 182 valence electrons. The van der Waals surface area contributed by atoms with Crippen LogP contribution in [0, 0.1) is 5.92 Å². The summed E-state index contributed by atoms with van der Waals surface area (Å²) in [7, 11) is 0. The van der Waals surface area contributed by atoms with E-state index in [-0.39, 0.29) is 12.3 Å². The summed E-state index contributed by atoms with van der Waals surface area (Å²) in [5.41, 5.74) is 2.18. The van der Waals surface area contributed by atoms with Crippen molar-refractivity contribution in [1.82, 2.24) is 30.3 Å². The lowest BCUT2D eigenvalue weighted by Crippen LogP contribution is -2.38. The predicted octanol–water partition coefficient (Wildman–Crippen LogP) is 1.80. The number of fused-ring (bicyclic) bond motifs is 1. The van der Waals surface area contributed by atoms with E-state index in [0.29, 0.717) is 35.2 Å². The molecular formula is C23H31N7O3S. The molecular weight excluding hydrogens is 454 g/mol. The van der Waals surface area contributed by atoms with E-state index >= 15 is 0 Å². The van der Waals surface area contributed by atoms with Gasteiger partial charge in [-0.05, 0) is 31.7 Å². The summed E-state index contributed by atoms with van der Waals surface area (Å²) in [5.74, 6) is 0.441. The lowest BCUT2D eigenvalue weighted by Gasteiger charge is -2.17. The first-order valence-electron chi connectivity index (χ1n) is 11.7. The summed E-state index contributed by atoms with van der Waals surface area (Å²) in [6.07, 6.45) is -0.309. The number of hydrogen-bond acceptors (Lipinski definition) is 9. The Bertz CT molecular complexity index is 1110. The van der Waals surface area contributed by atoms with Crippen LogP contribution in [-0.2, 0) is 11.2 Å². The molecule has 1 aliphatic carbocycles. The van der Waals surface area contributed by atoms with E-state index in [1.165, 1.54) is 10.2 Å². The molecule has 1 aromatic carbocycles. The molecule has 1 amide bonds. The molecule has 11 heteroatoms. The molecule has 4 N–H and O–H groups in total. The van der Waals surface area contributed by atoms with Crippen LogP contribution in [0.5, 0.6) is 0 Å². The highest BCUT2D eigenvalue weighted by Gasteiger charge is 2.47. The molecule has 0 aliphatic heterocycles. The second kappa shape index (κ2) is 11.1. The number of nitrogens with zero attached hydrogens (tertiary/aromatic N) is 5. The van der Waals surface area contributed by atoms with Crippen LogP contribution < -0.4 is 10.6 Å². The summed E-state index contributed by atoms with van der Waals surface area (Å²) >= 11 is 1.54. The first-order valence-corrected chi connectivity index (χ1v) is 12.7. The van der Waals surface area contributed by atoms with Gasteiger partial charge < -0.3 is 20.8 Å². The van der Waals surface area contributed by atoms with Gasteiger partial charge in [-0.3, -0.25) is 4.79 Å². The zero-order chi connectivity index (χ0) is 24.1. The Morgan fingerprint density at radius 1 is 1.18 bits per heavy atom. The average Bonchev–Trinajstić information content (AvgIpc) is 3.39. The van der Waals surface area contributed by atoms with E-state index in [1.807, 2.05) is 25.1 Å². The predicted molar refractivity (Wildman–Crippen MR) is 131 cm³/mol. The Morgan fingerprint density at radius 3 is 2.71 bits per heavy atom. The lowest BCUT2D eigenvalue weighted by atomic mass is 10.0. The van der Waals surface area contributed by atoms with Gasteiger partial charge in [0.2, 0.25) is 5.91 Å². The van der Waals surface area contributed by atoms with Gasteiger partial charge in [-0.1, -0.05) is 54.2 Å². The van der Waals surface area contributed by atoms with Crippen molar-refractivity contribution in [1.29, 1.82) is 0 Å². The molecule has 3 aromatic rings. The van der Waals surface area contributed by atoms with Crippen molar-refractivity contribution in [3.63, 3.8) is 0 Å². The van der Waals surface area contributed by atoms with E-state index in [4.69, 9.17) is 0 Å². The summed E-state index contributed by atoms with van der Waals surface area (Å²) in [6.45, 7) is 5.02. The highest BCUT2D eigenvalue weighted by atomic mass is 32.2. The Hall–Kier alpha value is -2.76. The number of anilines is 1. The fraction of sp³-hybridized carbons (Fsp3) is 0.522. The van der Waals surface area contributed by atoms with E-state index < -0.39 is 24.2 Å². The number of aliphatic hydroxyl groups excluding tert-OH is 2. The van der Waals surface area contributed by atoms with Crippen molar-refractivity contribution in [3.8, 4) is 0 Å². The Morgan fingerprint density at radius 2 is 1.97 bits per heavy atom. The fourth-order valence-electron chi connectivity index (χ4n) is 4.20. The van der Waals surface area contributed by atoms with Gasteiger partial charge in [0.1, 0.15) is 6.10 Å². The normalized spacial score (nSPS) is 22.2. The minimum atomic E-state index is -1.19. The van der Waals surface area contributed by atoms with Crippen LogP contribution in [0.25, 0.3) is 11.2 Å². The zero-order valence-corrected chi connectivity index (χ0v) is 20.2. The van der Waals surface area contributed by atoms with Gasteiger partial charge in [0.05, 0.1) is 18.1 Å². The molecule has 1 fully saturated rings. The van der Waals surface area contributed by atoms with Crippen molar-refractivity contribution in [2.24, 2.45) is 5.92 Å². The number of aromatic nitrogens is 5. The standard InChI is InChI=1S/C23H31N7O3S/c1-3-12-34-23-26-20(25-11-10-14-8-6-5-7-9-14)17-21(27-23)30(29-28-17)16-13-15(18(31)19(16)32)22(33)24-4-2/h5-9,15-16,18-19,31-32H,3-4,10-13H2,1-2H3,(H,24,33)(H,25,26,27). The van der Waals surface area contributed by atoms with Crippen LogP contribution in [0.1, 0.15) is 38.3 Å². The quantitative estimate of drug-likeness (QED) is 0.250. The number of rotatable bonds is 10. The molecule has 0 bridgehead atoms. The van der Waals surface area contributed by atoms with Crippen LogP contribution >= 0.6 is 11.8 Å². The Balaban J connectivity index is 1.62. The third-order valence-corrected chi connectivity index (χ3v) is 6.99. The van der Waals surface area contributed by atoms with Crippen molar-refractivity contribution < 1.29 is 15.0 Å². The molecule has 4 unspecified atom stereocenters. The number of amides is 1. The van der Waals surface area contributed by atoms with Gasteiger partial charge in [0.15, 0.2) is 22.1 Å². The zero-order valence-electron chi connectivity index (χ0n) is 19.4. The number of hydrogen-bond donors (Lipinski definition) is 4. The van der Waals surface area contributed by atoms with Gasteiger partial charge in [-0.2, -0.15) is 0 Å². The van der Waals surface area contributed by atoms with Crippen LogP contribution in [0.3, 0.4) is 0 Å². The van der Waals surface area contributed by atoms with Gasteiger partial charge >= 0.3 is 0 Å². The van der Waals surface area contributed by atoms with Crippen molar-refractivity contribution in [2.45, 2.75) is 56.5 Å². The molecule has 0 radical (unpaired) electrons. The molecule has 2 heterocycles. The van der Waals surface area contributed by atoms with Crippen LogP contribution in [-0.4, -0.2) is 72.1 Å². The summed E-state index contributed by atoms with van der Waals surface area (Å²) in [6, 6.07) is 9.55. The second-order valence-corrected chi connectivity index (χ2v) is 9.42. The number of thioether (sulfide) groups is 1. The first kappa shape index (κ1) is 24.4. The molecule has 4 rings (SSSR count). The minimum absolute atomic E-state index is 0.241. The third kappa shape index (κ3) is 5.16. The Kier molecular flexibility index (Phi) is 7.96. The van der Waals surface area contributed by atoms with Gasteiger partial charge in [-0.15, -0.1) is 5.10 Å². The van der Waals surface area contributed by atoms with Crippen molar-refractivity contribution in [3.05, 3.63) is 35.9 Å².